The number of hydrogen-bond acceptors (Lipinski definition) is 8. The monoisotopic (exact) mass is 415 g/mol. The van der Waals surface area contributed by atoms with Crippen LogP contribution < -0.4 is 10.1 Å². The fourth-order valence-corrected chi connectivity index (χ4v) is 4.18. The number of fused-ring (bicyclic) bond motifs is 1. The first-order valence-electron chi connectivity index (χ1n) is 8.53. The molecule has 0 aliphatic heterocycles. The zero-order valence-corrected chi connectivity index (χ0v) is 16.8. The number of carbonyl (C=O) groups excluding carboxylic acids is 1. The molecule has 0 atom stereocenters. The van der Waals surface area contributed by atoms with E-state index in [1.807, 2.05) is 38.2 Å². The predicted octanol–water partition coefficient (Wildman–Crippen LogP) is 3.81. The number of benzene rings is 1. The first-order valence-corrected chi connectivity index (χ1v) is 10.3. The van der Waals surface area contributed by atoms with Crippen molar-refractivity contribution in [1.29, 1.82) is 0 Å². The van der Waals surface area contributed by atoms with Gasteiger partial charge < -0.3 is 19.0 Å². The third kappa shape index (κ3) is 3.87. The van der Waals surface area contributed by atoms with Gasteiger partial charge in [0.15, 0.2) is 21.9 Å². The first-order chi connectivity index (χ1) is 13.6. The smallest absolute Gasteiger partial charge is 0.236 e. The van der Waals surface area contributed by atoms with Crippen molar-refractivity contribution in [1.82, 2.24) is 19.7 Å². The van der Waals surface area contributed by atoms with Crippen LogP contribution in [-0.4, -0.2) is 38.0 Å². The molecule has 0 saturated carbocycles. The normalized spacial score (nSPS) is 11.1. The Morgan fingerprint density at radius 1 is 1.36 bits per heavy atom. The lowest BCUT2D eigenvalue weighted by Gasteiger charge is -2.02. The van der Waals surface area contributed by atoms with Gasteiger partial charge in [-0.3, -0.25) is 4.79 Å². The van der Waals surface area contributed by atoms with Crippen molar-refractivity contribution in [2.75, 3.05) is 17.7 Å². The number of rotatable bonds is 7. The van der Waals surface area contributed by atoms with E-state index in [1.54, 1.807) is 16.9 Å². The molecule has 144 valence electrons. The molecule has 0 aliphatic rings. The molecule has 3 heterocycles. The second kappa shape index (κ2) is 8.03. The quantitative estimate of drug-likeness (QED) is 0.459. The Labute approximate surface area is 168 Å². The number of furan rings is 1. The summed E-state index contributed by atoms with van der Waals surface area (Å²) in [7, 11) is 1.83. The van der Waals surface area contributed by atoms with Crippen LogP contribution in [-0.2, 0) is 11.8 Å². The van der Waals surface area contributed by atoms with E-state index in [0.29, 0.717) is 28.5 Å². The van der Waals surface area contributed by atoms with Crippen molar-refractivity contribution in [2.24, 2.45) is 7.05 Å². The first kappa shape index (κ1) is 18.5. The SMILES string of the molecule is CCOc1ccc2nc(NC(=O)CSc3nnc(-c4ccco4)n3C)sc2c1. The van der Waals surface area contributed by atoms with Crippen molar-refractivity contribution in [3.63, 3.8) is 0 Å². The lowest BCUT2D eigenvalue weighted by atomic mass is 10.3. The highest BCUT2D eigenvalue weighted by Crippen LogP contribution is 2.29. The molecule has 0 spiro atoms. The number of amides is 1. The Hall–Kier alpha value is -2.85. The van der Waals surface area contributed by atoms with Gasteiger partial charge in [-0.25, -0.2) is 4.98 Å². The Bertz CT molecular complexity index is 1100. The Balaban J connectivity index is 1.39. The molecule has 0 saturated heterocycles. The molecule has 3 aromatic heterocycles. The van der Waals surface area contributed by atoms with Gasteiger partial charge in [-0.05, 0) is 37.3 Å². The van der Waals surface area contributed by atoms with E-state index in [4.69, 9.17) is 9.15 Å². The van der Waals surface area contributed by atoms with Crippen LogP contribution in [0.15, 0.2) is 46.2 Å². The largest absolute Gasteiger partial charge is 0.494 e. The lowest BCUT2D eigenvalue weighted by Crippen LogP contribution is -2.14. The number of nitrogens with zero attached hydrogens (tertiary/aromatic N) is 4. The second-order valence-corrected chi connectivity index (χ2v) is 7.73. The molecule has 0 aliphatic carbocycles. The Morgan fingerprint density at radius 2 is 2.25 bits per heavy atom. The summed E-state index contributed by atoms with van der Waals surface area (Å²) >= 11 is 2.72. The number of carbonyl (C=O) groups is 1. The summed E-state index contributed by atoms with van der Waals surface area (Å²) in [5.41, 5.74) is 0.827. The molecule has 10 heteroatoms. The third-order valence-corrected chi connectivity index (χ3v) is 5.78. The summed E-state index contributed by atoms with van der Waals surface area (Å²) in [6.45, 7) is 2.55. The second-order valence-electron chi connectivity index (χ2n) is 5.76. The molecule has 4 rings (SSSR count). The Kier molecular flexibility index (Phi) is 5.31. The molecule has 4 aromatic rings. The van der Waals surface area contributed by atoms with Crippen LogP contribution in [0.1, 0.15) is 6.92 Å². The third-order valence-electron chi connectivity index (χ3n) is 3.83. The maximum atomic E-state index is 12.3. The molecule has 0 fully saturated rings. The summed E-state index contributed by atoms with van der Waals surface area (Å²) in [4.78, 5) is 16.8. The lowest BCUT2D eigenvalue weighted by molar-refractivity contribution is -0.113. The minimum absolute atomic E-state index is 0.156. The molecule has 1 amide bonds. The number of hydrogen-bond donors (Lipinski definition) is 1. The van der Waals surface area contributed by atoms with Gasteiger partial charge in [0.1, 0.15) is 5.75 Å². The van der Waals surface area contributed by atoms with Gasteiger partial charge in [-0.15, -0.1) is 10.2 Å². The van der Waals surface area contributed by atoms with Crippen molar-refractivity contribution < 1.29 is 13.9 Å². The van der Waals surface area contributed by atoms with E-state index in [0.717, 1.165) is 16.0 Å². The van der Waals surface area contributed by atoms with Gasteiger partial charge in [0, 0.05) is 7.05 Å². The summed E-state index contributed by atoms with van der Waals surface area (Å²) < 4.78 is 13.6. The molecular weight excluding hydrogens is 398 g/mol. The number of anilines is 1. The zero-order chi connectivity index (χ0) is 19.5. The standard InChI is InChI=1S/C18H17N5O3S2/c1-3-25-11-6-7-12-14(9-11)28-17(19-12)20-15(24)10-27-18-22-21-16(23(18)2)13-5-4-8-26-13/h4-9H,3,10H2,1-2H3,(H,19,20,24). The van der Waals surface area contributed by atoms with Crippen LogP contribution in [0.2, 0.25) is 0 Å². The van der Waals surface area contributed by atoms with Crippen LogP contribution in [0.25, 0.3) is 21.8 Å². The predicted molar refractivity (Wildman–Crippen MR) is 109 cm³/mol. The van der Waals surface area contributed by atoms with Crippen LogP contribution in [0, 0.1) is 0 Å². The average molecular weight is 416 g/mol. The zero-order valence-electron chi connectivity index (χ0n) is 15.2. The van der Waals surface area contributed by atoms with Crippen molar-refractivity contribution in [3.05, 3.63) is 36.6 Å². The number of aromatic nitrogens is 4. The van der Waals surface area contributed by atoms with E-state index in [9.17, 15) is 4.79 Å². The van der Waals surface area contributed by atoms with Gasteiger partial charge in [0.2, 0.25) is 5.91 Å². The average Bonchev–Trinajstić information content (AvgIpc) is 3.39. The minimum atomic E-state index is -0.156. The molecule has 0 unspecified atom stereocenters. The fourth-order valence-electron chi connectivity index (χ4n) is 2.56. The van der Waals surface area contributed by atoms with Gasteiger partial charge in [-0.2, -0.15) is 0 Å². The van der Waals surface area contributed by atoms with Gasteiger partial charge in [0.05, 0.1) is 28.8 Å². The van der Waals surface area contributed by atoms with E-state index < -0.39 is 0 Å². The van der Waals surface area contributed by atoms with Crippen LogP contribution in [0.5, 0.6) is 5.75 Å². The summed E-state index contributed by atoms with van der Waals surface area (Å²) in [6, 6.07) is 9.29. The van der Waals surface area contributed by atoms with Crippen LogP contribution in [0.4, 0.5) is 5.13 Å². The summed E-state index contributed by atoms with van der Waals surface area (Å²) in [6.07, 6.45) is 1.58. The maximum Gasteiger partial charge on any atom is 0.236 e. The van der Waals surface area contributed by atoms with Crippen molar-refractivity contribution >= 4 is 44.4 Å². The topological polar surface area (TPSA) is 95.1 Å². The number of ether oxygens (including phenoxy) is 1. The van der Waals surface area contributed by atoms with E-state index in [-0.39, 0.29) is 11.7 Å². The molecule has 0 bridgehead atoms. The highest BCUT2D eigenvalue weighted by molar-refractivity contribution is 7.99. The molecule has 0 radical (unpaired) electrons. The molecule has 8 nitrogen and oxygen atoms in total. The number of thiazole rings is 1. The van der Waals surface area contributed by atoms with Gasteiger partial charge in [0.25, 0.3) is 0 Å². The van der Waals surface area contributed by atoms with Crippen molar-refractivity contribution in [3.8, 4) is 17.3 Å². The number of thioether (sulfide) groups is 1. The maximum absolute atomic E-state index is 12.3. The van der Waals surface area contributed by atoms with Crippen LogP contribution >= 0.6 is 23.1 Å². The van der Waals surface area contributed by atoms with E-state index in [2.05, 4.69) is 20.5 Å². The van der Waals surface area contributed by atoms with E-state index in [1.165, 1.54) is 23.1 Å². The van der Waals surface area contributed by atoms with Crippen molar-refractivity contribution in [2.45, 2.75) is 12.1 Å². The van der Waals surface area contributed by atoms with Crippen LogP contribution in [0.3, 0.4) is 0 Å². The Morgan fingerprint density at radius 3 is 3.04 bits per heavy atom. The van der Waals surface area contributed by atoms with E-state index >= 15 is 0 Å². The molecular formula is C18H17N5O3S2. The van der Waals surface area contributed by atoms with Gasteiger partial charge >= 0.3 is 0 Å². The number of nitrogens with one attached hydrogen (secondary N) is 1. The highest BCUT2D eigenvalue weighted by atomic mass is 32.2. The fraction of sp³-hybridized carbons (Fsp3) is 0.222. The molecule has 28 heavy (non-hydrogen) atoms. The highest BCUT2D eigenvalue weighted by Gasteiger charge is 2.15. The summed E-state index contributed by atoms with van der Waals surface area (Å²) in [5, 5.41) is 12.3. The molecule has 1 aromatic carbocycles. The van der Waals surface area contributed by atoms with Gasteiger partial charge in [-0.1, -0.05) is 23.1 Å². The summed E-state index contributed by atoms with van der Waals surface area (Å²) in [5.74, 6) is 2.08. The minimum Gasteiger partial charge on any atom is -0.494 e. The molecule has 1 N–H and O–H groups in total.